The zero-order valence-electron chi connectivity index (χ0n) is 13.0. The van der Waals surface area contributed by atoms with Gasteiger partial charge in [-0.3, -0.25) is 0 Å². The fourth-order valence-electron chi connectivity index (χ4n) is 2.78. The fourth-order valence-corrected chi connectivity index (χ4v) is 2.78. The van der Waals surface area contributed by atoms with E-state index in [1.165, 1.54) is 10.7 Å². The van der Waals surface area contributed by atoms with E-state index >= 15 is 0 Å². The minimum Gasteiger partial charge on any atom is -0.478 e. The van der Waals surface area contributed by atoms with Crippen LogP contribution in [0.2, 0.25) is 0 Å². The molecule has 0 aliphatic carbocycles. The molecule has 0 radical (unpaired) electrons. The van der Waals surface area contributed by atoms with E-state index in [-0.39, 0.29) is 5.56 Å². The monoisotopic (exact) mass is 334 g/mol. The molecule has 4 aromatic rings. The van der Waals surface area contributed by atoms with Crippen molar-refractivity contribution in [2.75, 3.05) is 5.32 Å². The molecule has 0 unspecified atom stereocenters. The van der Waals surface area contributed by atoms with Gasteiger partial charge in [0.1, 0.15) is 0 Å². The Bertz CT molecular complexity index is 1050. The highest BCUT2D eigenvalue weighted by Crippen LogP contribution is 2.20. The van der Waals surface area contributed by atoms with Crippen LogP contribution in [0.3, 0.4) is 0 Å². The van der Waals surface area contributed by atoms with Crippen molar-refractivity contribution in [1.29, 1.82) is 0 Å². The van der Waals surface area contributed by atoms with Gasteiger partial charge in [-0.2, -0.15) is 4.68 Å². The van der Waals surface area contributed by atoms with Gasteiger partial charge in [0.15, 0.2) is 0 Å². The van der Waals surface area contributed by atoms with Gasteiger partial charge in [0.2, 0.25) is 5.95 Å². The summed E-state index contributed by atoms with van der Waals surface area (Å²) >= 11 is 0. The fraction of sp³-hybridized carbons (Fsp3) is 0.0588. The summed E-state index contributed by atoms with van der Waals surface area (Å²) in [5.74, 6) is -0.657. The molecule has 0 spiro atoms. The van der Waals surface area contributed by atoms with Crippen LogP contribution in [0.15, 0.2) is 54.7 Å². The van der Waals surface area contributed by atoms with Crippen LogP contribution in [0, 0.1) is 0 Å². The summed E-state index contributed by atoms with van der Waals surface area (Å²) in [6.07, 6.45) is 1.89. The summed E-state index contributed by atoms with van der Waals surface area (Å²) in [6.45, 7) is 0.505. The number of hydrogen-bond donors (Lipinski definition) is 3. The maximum Gasteiger partial charge on any atom is 0.337 e. The summed E-state index contributed by atoms with van der Waals surface area (Å²) in [5.41, 5.74) is 2.67. The Kier molecular flexibility index (Phi) is 3.62. The molecular weight excluding hydrogens is 320 g/mol. The topological polar surface area (TPSA) is 109 Å². The lowest BCUT2D eigenvalue weighted by Gasteiger charge is -2.10. The van der Waals surface area contributed by atoms with Crippen LogP contribution in [0.1, 0.15) is 15.9 Å². The Labute approximate surface area is 142 Å². The molecule has 8 heteroatoms. The van der Waals surface area contributed by atoms with Gasteiger partial charge >= 0.3 is 5.97 Å². The van der Waals surface area contributed by atoms with Crippen molar-refractivity contribution < 1.29 is 9.90 Å². The van der Waals surface area contributed by atoms with Crippen LogP contribution in [0.25, 0.3) is 16.6 Å². The average molecular weight is 334 g/mol. The molecule has 0 aliphatic heterocycles. The molecule has 4 rings (SSSR count). The molecule has 0 atom stereocenters. The highest BCUT2D eigenvalue weighted by atomic mass is 16.4. The van der Waals surface area contributed by atoms with E-state index in [4.69, 9.17) is 0 Å². The van der Waals surface area contributed by atoms with Crippen LogP contribution in [-0.4, -0.2) is 36.3 Å². The van der Waals surface area contributed by atoms with Crippen LogP contribution in [0.5, 0.6) is 0 Å². The highest BCUT2D eigenvalue weighted by Gasteiger charge is 2.15. The van der Waals surface area contributed by atoms with Gasteiger partial charge in [-0.05, 0) is 40.3 Å². The van der Waals surface area contributed by atoms with E-state index in [0.717, 1.165) is 16.5 Å². The van der Waals surface area contributed by atoms with Crippen LogP contribution in [0.4, 0.5) is 5.95 Å². The molecule has 0 saturated heterocycles. The number of nitrogens with one attached hydrogen (secondary N) is 2. The number of benzene rings is 2. The molecule has 0 saturated carbocycles. The van der Waals surface area contributed by atoms with E-state index in [9.17, 15) is 9.90 Å². The molecule has 3 N–H and O–H groups in total. The minimum atomic E-state index is -1.03. The quantitative estimate of drug-likeness (QED) is 0.517. The number of carbonyl (C=O) groups is 1. The molecule has 8 nitrogen and oxygen atoms in total. The molecular formula is C17H14N6O2. The van der Waals surface area contributed by atoms with Crippen LogP contribution >= 0.6 is 0 Å². The maximum absolute atomic E-state index is 11.4. The number of aromatic nitrogens is 5. The summed E-state index contributed by atoms with van der Waals surface area (Å²) in [5, 5.41) is 25.2. The number of aromatic amines is 1. The second-order valence-corrected chi connectivity index (χ2v) is 5.45. The van der Waals surface area contributed by atoms with Crippen molar-refractivity contribution in [3.05, 3.63) is 65.9 Å². The second kappa shape index (κ2) is 6.08. The molecule has 2 heterocycles. The molecule has 0 fully saturated rings. The van der Waals surface area contributed by atoms with E-state index < -0.39 is 5.97 Å². The third-order valence-corrected chi connectivity index (χ3v) is 3.95. The first-order chi connectivity index (χ1) is 12.2. The SMILES string of the molecule is O=C(O)c1ccccc1-n1nnnc1NCc1cccc2[nH]ccc12. The number of hydrogen-bond acceptors (Lipinski definition) is 5. The van der Waals surface area contributed by atoms with Gasteiger partial charge < -0.3 is 15.4 Å². The van der Waals surface area contributed by atoms with Crippen molar-refractivity contribution >= 4 is 22.8 Å². The van der Waals surface area contributed by atoms with Crippen molar-refractivity contribution in [2.24, 2.45) is 0 Å². The zero-order chi connectivity index (χ0) is 17.2. The Morgan fingerprint density at radius 3 is 2.92 bits per heavy atom. The number of rotatable bonds is 5. The van der Waals surface area contributed by atoms with Crippen molar-refractivity contribution in [3.8, 4) is 5.69 Å². The maximum atomic E-state index is 11.4. The summed E-state index contributed by atoms with van der Waals surface area (Å²) in [7, 11) is 0. The summed E-state index contributed by atoms with van der Waals surface area (Å²) < 4.78 is 1.39. The Balaban J connectivity index is 1.65. The minimum absolute atomic E-state index is 0.130. The molecule has 25 heavy (non-hydrogen) atoms. The molecule has 2 aromatic heterocycles. The van der Waals surface area contributed by atoms with Gasteiger partial charge in [0.05, 0.1) is 11.3 Å². The van der Waals surface area contributed by atoms with Gasteiger partial charge in [-0.1, -0.05) is 29.4 Å². The third-order valence-electron chi connectivity index (χ3n) is 3.95. The molecule has 2 aromatic carbocycles. The largest absolute Gasteiger partial charge is 0.478 e. The molecule has 0 bridgehead atoms. The summed E-state index contributed by atoms with van der Waals surface area (Å²) in [4.78, 5) is 14.6. The van der Waals surface area contributed by atoms with Crippen molar-refractivity contribution in [3.63, 3.8) is 0 Å². The van der Waals surface area contributed by atoms with Crippen molar-refractivity contribution in [1.82, 2.24) is 25.2 Å². The second-order valence-electron chi connectivity index (χ2n) is 5.45. The van der Waals surface area contributed by atoms with Gasteiger partial charge in [0.25, 0.3) is 0 Å². The number of carboxylic acids is 1. The zero-order valence-corrected chi connectivity index (χ0v) is 13.0. The normalized spacial score (nSPS) is 10.9. The number of anilines is 1. The lowest BCUT2D eigenvalue weighted by molar-refractivity contribution is 0.0697. The number of H-pyrrole nitrogens is 1. The number of carboxylic acid groups (broad SMARTS) is 1. The lowest BCUT2D eigenvalue weighted by atomic mass is 10.1. The predicted octanol–water partition coefficient (Wildman–Crippen LogP) is 2.45. The number of aromatic carboxylic acids is 1. The first-order valence-corrected chi connectivity index (χ1v) is 7.64. The van der Waals surface area contributed by atoms with E-state index in [1.807, 2.05) is 30.5 Å². The van der Waals surface area contributed by atoms with E-state index in [1.54, 1.807) is 18.2 Å². The van der Waals surface area contributed by atoms with Gasteiger partial charge in [-0.25, -0.2) is 4.79 Å². The van der Waals surface area contributed by atoms with Gasteiger partial charge in [0, 0.05) is 23.6 Å². The van der Waals surface area contributed by atoms with Crippen LogP contribution in [-0.2, 0) is 6.54 Å². The Morgan fingerprint density at radius 2 is 2.04 bits per heavy atom. The first kappa shape index (κ1) is 14.9. The Hall–Kier alpha value is -3.68. The predicted molar refractivity (Wildman–Crippen MR) is 91.7 cm³/mol. The summed E-state index contributed by atoms with van der Waals surface area (Å²) in [6, 6.07) is 14.6. The number of fused-ring (bicyclic) bond motifs is 1. The molecule has 124 valence electrons. The molecule has 0 aliphatic rings. The van der Waals surface area contributed by atoms with Crippen LogP contribution < -0.4 is 5.32 Å². The third kappa shape index (κ3) is 2.69. The van der Waals surface area contributed by atoms with E-state index in [2.05, 4.69) is 25.8 Å². The first-order valence-electron chi connectivity index (χ1n) is 7.64. The Morgan fingerprint density at radius 1 is 1.16 bits per heavy atom. The number of para-hydroxylation sites is 1. The van der Waals surface area contributed by atoms with Crippen molar-refractivity contribution in [2.45, 2.75) is 6.54 Å². The lowest BCUT2D eigenvalue weighted by Crippen LogP contribution is -2.11. The smallest absolute Gasteiger partial charge is 0.337 e. The average Bonchev–Trinajstić information content (AvgIpc) is 3.29. The highest BCUT2D eigenvalue weighted by molar-refractivity contribution is 5.92. The number of tetrazole rings is 1. The van der Waals surface area contributed by atoms with E-state index in [0.29, 0.717) is 18.2 Å². The van der Waals surface area contributed by atoms with Gasteiger partial charge in [-0.15, -0.1) is 0 Å². The number of nitrogens with zero attached hydrogens (tertiary/aromatic N) is 4. The molecule has 0 amide bonds. The standard InChI is InChI=1S/C17H14N6O2/c24-16(25)13-5-1-2-7-15(13)23-17(20-21-22-23)19-10-11-4-3-6-14-12(11)8-9-18-14/h1-9,18H,10H2,(H,24,25)(H,19,20,22).